The summed E-state index contributed by atoms with van der Waals surface area (Å²) in [5, 5.41) is 2.95. The lowest BCUT2D eigenvalue weighted by atomic mass is 9.87. The molecule has 19 heavy (non-hydrogen) atoms. The fraction of sp³-hybridized carbons (Fsp3) is 0.571. The van der Waals surface area contributed by atoms with Gasteiger partial charge in [-0.05, 0) is 24.5 Å². The van der Waals surface area contributed by atoms with Crippen LogP contribution in [0.15, 0.2) is 18.3 Å². The van der Waals surface area contributed by atoms with Gasteiger partial charge >= 0.3 is 0 Å². The topological polar surface area (TPSA) is 80.0 Å². The summed E-state index contributed by atoms with van der Waals surface area (Å²) in [5.74, 6) is 6.42. The van der Waals surface area contributed by atoms with E-state index in [2.05, 4.69) is 15.7 Å². The number of nitrogens with zero attached hydrogens (tertiary/aromatic N) is 1. The second kappa shape index (κ2) is 7.09. The molecule has 0 unspecified atom stereocenters. The molecule has 1 amide bonds. The molecule has 0 saturated heterocycles. The second-order valence-corrected chi connectivity index (χ2v) is 5.09. The minimum Gasteiger partial charge on any atom is -0.352 e. The lowest BCUT2D eigenvalue weighted by Gasteiger charge is -2.21. The third-order valence-corrected chi connectivity index (χ3v) is 3.75. The number of amides is 1. The Kier molecular flexibility index (Phi) is 5.15. The first-order chi connectivity index (χ1) is 9.31. The predicted molar refractivity (Wildman–Crippen MR) is 75.6 cm³/mol. The van der Waals surface area contributed by atoms with Crippen LogP contribution in [0, 0.1) is 5.92 Å². The summed E-state index contributed by atoms with van der Waals surface area (Å²) in [6, 6.07) is 3.45. The van der Waals surface area contributed by atoms with Gasteiger partial charge in [-0.25, -0.2) is 10.8 Å². The van der Waals surface area contributed by atoms with Crippen molar-refractivity contribution in [3.8, 4) is 0 Å². The zero-order valence-corrected chi connectivity index (χ0v) is 11.2. The Morgan fingerprint density at radius 2 is 2.16 bits per heavy atom. The van der Waals surface area contributed by atoms with Crippen LogP contribution in [0.1, 0.15) is 48.9 Å². The predicted octanol–water partition coefficient (Wildman–Crippen LogP) is 2.07. The molecule has 2 rings (SSSR count). The van der Waals surface area contributed by atoms with Gasteiger partial charge in [0.2, 0.25) is 0 Å². The van der Waals surface area contributed by atoms with E-state index in [0.717, 1.165) is 18.9 Å². The number of anilines is 1. The highest BCUT2D eigenvalue weighted by atomic mass is 16.1. The molecule has 104 valence electrons. The molecule has 0 atom stereocenters. The number of nitrogens with two attached hydrogens (primary N) is 1. The molecular weight excluding hydrogens is 240 g/mol. The Balaban J connectivity index is 1.80. The third kappa shape index (κ3) is 3.92. The van der Waals surface area contributed by atoms with Gasteiger partial charge in [0.05, 0.1) is 5.56 Å². The van der Waals surface area contributed by atoms with Crippen molar-refractivity contribution in [2.45, 2.75) is 38.5 Å². The quantitative estimate of drug-likeness (QED) is 0.560. The van der Waals surface area contributed by atoms with Crippen LogP contribution in [0.3, 0.4) is 0 Å². The molecule has 1 heterocycles. The molecule has 1 aliphatic rings. The normalized spacial score (nSPS) is 16.1. The van der Waals surface area contributed by atoms with E-state index in [1.54, 1.807) is 18.3 Å². The lowest BCUT2D eigenvalue weighted by molar-refractivity contribution is 0.0951. The van der Waals surface area contributed by atoms with Crippen LogP contribution in [-0.2, 0) is 0 Å². The van der Waals surface area contributed by atoms with Crippen molar-refractivity contribution >= 4 is 11.7 Å². The summed E-state index contributed by atoms with van der Waals surface area (Å²) in [7, 11) is 0. The maximum Gasteiger partial charge on any atom is 0.255 e. The number of hydrogen-bond donors (Lipinski definition) is 3. The number of nitrogens with one attached hydrogen (secondary N) is 2. The van der Waals surface area contributed by atoms with Crippen LogP contribution in [0.4, 0.5) is 5.82 Å². The smallest absolute Gasteiger partial charge is 0.255 e. The van der Waals surface area contributed by atoms with E-state index in [1.807, 2.05) is 0 Å². The zero-order valence-electron chi connectivity index (χ0n) is 11.2. The molecule has 5 heteroatoms. The second-order valence-electron chi connectivity index (χ2n) is 5.09. The lowest BCUT2D eigenvalue weighted by Crippen LogP contribution is -2.28. The van der Waals surface area contributed by atoms with Crippen LogP contribution < -0.4 is 16.6 Å². The summed E-state index contributed by atoms with van der Waals surface area (Å²) in [6.07, 6.45) is 9.32. The van der Waals surface area contributed by atoms with E-state index in [9.17, 15) is 4.79 Å². The molecule has 1 saturated carbocycles. The van der Waals surface area contributed by atoms with Crippen LogP contribution in [0.5, 0.6) is 0 Å². The van der Waals surface area contributed by atoms with Gasteiger partial charge in [-0.2, -0.15) is 0 Å². The first-order valence-electron chi connectivity index (χ1n) is 7.01. The molecule has 0 aliphatic heterocycles. The first-order valence-corrected chi connectivity index (χ1v) is 7.01. The number of hydrogen-bond acceptors (Lipinski definition) is 4. The van der Waals surface area contributed by atoms with Crippen molar-refractivity contribution in [1.29, 1.82) is 0 Å². The van der Waals surface area contributed by atoms with E-state index < -0.39 is 0 Å². The van der Waals surface area contributed by atoms with Crippen molar-refractivity contribution in [1.82, 2.24) is 10.3 Å². The molecule has 0 radical (unpaired) electrons. The fourth-order valence-electron chi connectivity index (χ4n) is 2.66. The average Bonchev–Trinajstić information content (AvgIpc) is 2.48. The van der Waals surface area contributed by atoms with Gasteiger partial charge in [-0.1, -0.05) is 32.1 Å². The molecular formula is C14H22N4O. The molecule has 0 aromatic carbocycles. The van der Waals surface area contributed by atoms with Crippen molar-refractivity contribution in [2.24, 2.45) is 11.8 Å². The average molecular weight is 262 g/mol. The fourth-order valence-corrected chi connectivity index (χ4v) is 2.66. The van der Waals surface area contributed by atoms with Crippen LogP contribution >= 0.6 is 0 Å². The van der Waals surface area contributed by atoms with Gasteiger partial charge in [-0.15, -0.1) is 0 Å². The summed E-state index contributed by atoms with van der Waals surface area (Å²) in [6.45, 7) is 0.725. The molecule has 4 N–H and O–H groups in total. The monoisotopic (exact) mass is 262 g/mol. The summed E-state index contributed by atoms with van der Waals surface area (Å²) in [4.78, 5) is 16.0. The van der Waals surface area contributed by atoms with Crippen LogP contribution in [0.2, 0.25) is 0 Å². The number of nitrogen functional groups attached to an aromatic ring is 1. The number of carbonyl (C=O) groups excluding carboxylic acids is 1. The number of pyridine rings is 1. The molecule has 1 aromatic rings. The standard InChI is InChI=1S/C14H22N4O/c15-18-13-12(7-4-9-16-13)14(19)17-10-8-11-5-2-1-3-6-11/h4,7,9,11H,1-3,5-6,8,10,15H2,(H,16,18)(H,17,19). The molecule has 0 spiro atoms. The van der Waals surface area contributed by atoms with E-state index in [1.165, 1.54) is 32.1 Å². The molecule has 1 aromatic heterocycles. The molecule has 0 bridgehead atoms. The van der Waals surface area contributed by atoms with Gasteiger partial charge in [-0.3, -0.25) is 4.79 Å². The first kappa shape index (κ1) is 13.8. The Morgan fingerprint density at radius 1 is 1.37 bits per heavy atom. The number of carbonyl (C=O) groups is 1. The Hall–Kier alpha value is -1.62. The van der Waals surface area contributed by atoms with Crippen molar-refractivity contribution in [3.63, 3.8) is 0 Å². The number of hydrazine groups is 1. The van der Waals surface area contributed by atoms with E-state index in [0.29, 0.717) is 11.4 Å². The highest BCUT2D eigenvalue weighted by Crippen LogP contribution is 2.25. The third-order valence-electron chi connectivity index (χ3n) is 3.75. The molecule has 1 aliphatic carbocycles. The zero-order chi connectivity index (χ0) is 13.5. The molecule has 1 fully saturated rings. The van der Waals surface area contributed by atoms with Gasteiger partial charge in [0.1, 0.15) is 0 Å². The van der Waals surface area contributed by atoms with Crippen LogP contribution in [0.25, 0.3) is 0 Å². The van der Waals surface area contributed by atoms with Gasteiger partial charge in [0.25, 0.3) is 5.91 Å². The van der Waals surface area contributed by atoms with Crippen molar-refractivity contribution in [3.05, 3.63) is 23.9 Å². The maximum atomic E-state index is 12.0. The van der Waals surface area contributed by atoms with E-state index in [4.69, 9.17) is 5.84 Å². The SMILES string of the molecule is NNc1ncccc1C(=O)NCCC1CCCCC1. The Labute approximate surface area is 114 Å². The van der Waals surface area contributed by atoms with Gasteiger partial charge in [0, 0.05) is 12.7 Å². The van der Waals surface area contributed by atoms with Crippen LogP contribution in [-0.4, -0.2) is 17.4 Å². The molecule has 5 nitrogen and oxygen atoms in total. The minimum absolute atomic E-state index is 0.114. The largest absolute Gasteiger partial charge is 0.352 e. The highest BCUT2D eigenvalue weighted by molar-refractivity contribution is 5.98. The van der Waals surface area contributed by atoms with E-state index >= 15 is 0 Å². The maximum absolute atomic E-state index is 12.0. The van der Waals surface area contributed by atoms with Crippen molar-refractivity contribution in [2.75, 3.05) is 12.0 Å². The van der Waals surface area contributed by atoms with Gasteiger partial charge in [0.15, 0.2) is 5.82 Å². The van der Waals surface area contributed by atoms with Crippen molar-refractivity contribution < 1.29 is 4.79 Å². The minimum atomic E-state index is -0.114. The summed E-state index contributed by atoms with van der Waals surface area (Å²) >= 11 is 0. The van der Waals surface area contributed by atoms with E-state index in [-0.39, 0.29) is 5.91 Å². The highest BCUT2D eigenvalue weighted by Gasteiger charge is 2.15. The van der Waals surface area contributed by atoms with Gasteiger partial charge < -0.3 is 10.7 Å². The summed E-state index contributed by atoms with van der Waals surface area (Å²) in [5.41, 5.74) is 2.94. The Bertz CT molecular complexity index is 416. The number of aromatic nitrogens is 1. The summed E-state index contributed by atoms with van der Waals surface area (Å²) < 4.78 is 0. The number of rotatable bonds is 5. The Morgan fingerprint density at radius 3 is 2.89 bits per heavy atom.